The van der Waals surface area contributed by atoms with Gasteiger partial charge in [-0.3, -0.25) is 19.7 Å². The monoisotopic (exact) mass is 362 g/mol. The lowest BCUT2D eigenvalue weighted by Gasteiger charge is -2.14. The Labute approximate surface area is 132 Å². The third-order valence-electron chi connectivity index (χ3n) is 3.26. The second-order valence-electron chi connectivity index (χ2n) is 4.57. The molecule has 1 aliphatic heterocycles. The highest BCUT2D eigenvalue weighted by molar-refractivity contribution is 9.10. The summed E-state index contributed by atoms with van der Waals surface area (Å²) in [5.74, 6) is -1.67. The molecule has 2 amide bonds. The molecule has 0 fully saturated rings. The summed E-state index contributed by atoms with van der Waals surface area (Å²) in [6.07, 6.45) is 0. The highest BCUT2D eigenvalue weighted by Gasteiger charge is 2.38. The van der Waals surface area contributed by atoms with Gasteiger partial charge < -0.3 is 5.11 Å². The number of aromatic hydroxyl groups is 1. The molecule has 0 bridgehead atoms. The molecule has 0 saturated heterocycles. The Morgan fingerprint density at radius 1 is 1.05 bits per heavy atom. The predicted molar refractivity (Wildman–Crippen MR) is 80.0 cm³/mol. The number of amides is 2. The Balaban J connectivity index is 2.15. The van der Waals surface area contributed by atoms with Gasteiger partial charge in [0.1, 0.15) is 11.4 Å². The summed E-state index contributed by atoms with van der Waals surface area (Å²) >= 11 is 3.21. The van der Waals surface area contributed by atoms with E-state index < -0.39 is 16.7 Å². The number of phenolic OH excluding ortho intramolecular Hbond substituents is 1. The first kappa shape index (κ1) is 14.2. The van der Waals surface area contributed by atoms with Crippen LogP contribution in [0.2, 0.25) is 0 Å². The molecule has 0 spiro atoms. The van der Waals surface area contributed by atoms with Gasteiger partial charge in [0, 0.05) is 16.6 Å². The molecule has 3 rings (SSSR count). The van der Waals surface area contributed by atoms with Crippen molar-refractivity contribution in [3.05, 3.63) is 62.1 Å². The minimum atomic E-state index is -0.669. The number of nitrogens with zero attached hydrogens (tertiary/aromatic N) is 2. The number of halogens is 1. The second-order valence-corrected chi connectivity index (χ2v) is 5.48. The smallest absolute Gasteiger partial charge is 0.271 e. The molecule has 0 atom stereocenters. The van der Waals surface area contributed by atoms with Crippen molar-refractivity contribution in [2.24, 2.45) is 0 Å². The Morgan fingerprint density at radius 2 is 1.73 bits per heavy atom. The fourth-order valence-electron chi connectivity index (χ4n) is 2.24. The molecule has 0 unspecified atom stereocenters. The Hall–Kier alpha value is -2.74. The van der Waals surface area contributed by atoms with Crippen LogP contribution in [0.15, 0.2) is 40.9 Å². The standard InChI is InChI=1S/C14H7BrN2O5/c15-7-1-3-9-10(5-7)14(20)16(13(9)19)11-6-8(17(21)22)2-4-12(11)18/h1-6,18H. The molecule has 2 aromatic carbocycles. The Morgan fingerprint density at radius 3 is 2.41 bits per heavy atom. The van der Waals surface area contributed by atoms with Gasteiger partial charge in [-0.15, -0.1) is 0 Å². The van der Waals surface area contributed by atoms with E-state index in [9.17, 15) is 24.8 Å². The van der Waals surface area contributed by atoms with Crippen molar-refractivity contribution in [1.82, 2.24) is 0 Å². The maximum atomic E-state index is 12.4. The number of hydrogen-bond donors (Lipinski definition) is 1. The number of carbonyl (C=O) groups is 2. The van der Waals surface area contributed by atoms with Gasteiger partial charge in [-0.2, -0.15) is 0 Å². The fourth-order valence-corrected chi connectivity index (χ4v) is 2.60. The Kier molecular flexibility index (Phi) is 3.18. The third-order valence-corrected chi connectivity index (χ3v) is 3.75. The zero-order valence-electron chi connectivity index (χ0n) is 10.8. The van der Waals surface area contributed by atoms with Gasteiger partial charge in [-0.1, -0.05) is 15.9 Å². The average molecular weight is 363 g/mol. The van der Waals surface area contributed by atoms with Crippen LogP contribution in [0.1, 0.15) is 20.7 Å². The maximum Gasteiger partial charge on any atom is 0.271 e. The molecule has 7 nitrogen and oxygen atoms in total. The van der Waals surface area contributed by atoms with Crippen molar-refractivity contribution in [3.63, 3.8) is 0 Å². The van der Waals surface area contributed by atoms with Crippen LogP contribution in [0, 0.1) is 10.1 Å². The van der Waals surface area contributed by atoms with Crippen molar-refractivity contribution in [1.29, 1.82) is 0 Å². The molecule has 0 aromatic heterocycles. The van der Waals surface area contributed by atoms with E-state index in [0.717, 1.165) is 23.1 Å². The lowest BCUT2D eigenvalue weighted by molar-refractivity contribution is -0.384. The number of nitro groups is 1. The number of rotatable bonds is 2. The van der Waals surface area contributed by atoms with Crippen LogP contribution in [0.5, 0.6) is 5.75 Å². The average Bonchev–Trinajstić information content (AvgIpc) is 2.71. The first-order valence-electron chi connectivity index (χ1n) is 6.06. The van der Waals surface area contributed by atoms with E-state index in [-0.39, 0.29) is 28.3 Å². The molecule has 1 heterocycles. The Bertz CT molecular complexity index is 849. The lowest BCUT2D eigenvalue weighted by Crippen LogP contribution is -2.29. The molecule has 0 aliphatic carbocycles. The molecule has 0 radical (unpaired) electrons. The van der Waals surface area contributed by atoms with Crippen LogP contribution in [0.3, 0.4) is 0 Å². The second kappa shape index (κ2) is 4.92. The summed E-state index contributed by atoms with van der Waals surface area (Å²) < 4.78 is 0.623. The summed E-state index contributed by atoms with van der Waals surface area (Å²) in [6, 6.07) is 7.74. The van der Waals surface area contributed by atoms with E-state index in [4.69, 9.17) is 0 Å². The van der Waals surface area contributed by atoms with Crippen LogP contribution in [0.4, 0.5) is 11.4 Å². The van der Waals surface area contributed by atoms with E-state index in [1.807, 2.05) is 0 Å². The van der Waals surface area contributed by atoms with Crippen LogP contribution in [-0.4, -0.2) is 21.8 Å². The van der Waals surface area contributed by atoms with Crippen LogP contribution >= 0.6 is 15.9 Å². The summed E-state index contributed by atoms with van der Waals surface area (Å²) in [4.78, 5) is 35.7. The van der Waals surface area contributed by atoms with E-state index in [0.29, 0.717) is 4.47 Å². The van der Waals surface area contributed by atoms with Crippen molar-refractivity contribution in [2.45, 2.75) is 0 Å². The van der Waals surface area contributed by atoms with Gasteiger partial charge in [0.15, 0.2) is 0 Å². The predicted octanol–water partition coefficient (Wildman–Crippen LogP) is 2.86. The summed E-state index contributed by atoms with van der Waals surface area (Å²) in [5, 5.41) is 20.7. The van der Waals surface area contributed by atoms with Gasteiger partial charge in [0.25, 0.3) is 17.5 Å². The summed E-state index contributed by atoms with van der Waals surface area (Å²) in [6.45, 7) is 0. The first-order valence-corrected chi connectivity index (χ1v) is 6.85. The number of phenols is 1. The lowest BCUT2D eigenvalue weighted by atomic mass is 10.1. The van der Waals surface area contributed by atoms with E-state index >= 15 is 0 Å². The zero-order valence-corrected chi connectivity index (χ0v) is 12.4. The largest absolute Gasteiger partial charge is 0.506 e. The molecule has 8 heteroatoms. The van der Waals surface area contributed by atoms with Crippen molar-refractivity contribution in [2.75, 3.05) is 4.90 Å². The number of nitro benzene ring substituents is 1. The molecule has 0 saturated carbocycles. The van der Waals surface area contributed by atoms with Gasteiger partial charge in [0.2, 0.25) is 0 Å². The molecule has 2 aromatic rings. The SMILES string of the molecule is O=C1c2ccc(Br)cc2C(=O)N1c1cc([N+](=O)[O-])ccc1O. The molecular weight excluding hydrogens is 356 g/mol. The molecule has 1 aliphatic rings. The van der Waals surface area contributed by atoms with E-state index in [1.165, 1.54) is 12.1 Å². The highest BCUT2D eigenvalue weighted by Crippen LogP contribution is 2.37. The van der Waals surface area contributed by atoms with E-state index in [2.05, 4.69) is 15.9 Å². The normalized spacial score (nSPS) is 13.4. The maximum absolute atomic E-state index is 12.4. The summed E-state index contributed by atoms with van der Waals surface area (Å²) in [5.41, 5.74) is -0.188. The first-order chi connectivity index (χ1) is 10.4. The number of hydrogen-bond acceptors (Lipinski definition) is 5. The van der Waals surface area contributed by atoms with Gasteiger partial charge in [-0.05, 0) is 24.3 Å². The minimum absolute atomic E-state index is 0.172. The number of anilines is 1. The molecule has 110 valence electrons. The third kappa shape index (κ3) is 2.04. The van der Waals surface area contributed by atoms with E-state index in [1.54, 1.807) is 6.07 Å². The summed E-state index contributed by atoms with van der Waals surface area (Å²) in [7, 11) is 0. The number of non-ortho nitro benzene ring substituents is 1. The number of carbonyl (C=O) groups excluding carboxylic acids is 2. The van der Waals surface area contributed by atoms with Crippen molar-refractivity contribution >= 4 is 39.1 Å². The van der Waals surface area contributed by atoms with Crippen molar-refractivity contribution < 1.29 is 19.6 Å². The minimum Gasteiger partial charge on any atom is -0.506 e. The van der Waals surface area contributed by atoms with Gasteiger partial charge in [-0.25, -0.2) is 4.90 Å². The van der Waals surface area contributed by atoms with Crippen molar-refractivity contribution in [3.8, 4) is 5.75 Å². The molecule has 1 N–H and O–H groups in total. The van der Waals surface area contributed by atoms with Crippen LogP contribution in [-0.2, 0) is 0 Å². The topological polar surface area (TPSA) is 101 Å². The molecule has 22 heavy (non-hydrogen) atoms. The van der Waals surface area contributed by atoms with Gasteiger partial charge >= 0.3 is 0 Å². The van der Waals surface area contributed by atoms with Gasteiger partial charge in [0.05, 0.1) is 16.1 Å². The van der Waals surface area contributed by atoms with Crippen LogP contribution in [0.25, 0.3) is 0 Å². The quantitative estimate of drug-likeness (QED) is 0.502. The zero-order chi connectivity index (χ0) is 16.0. The number of fused-ring (bicyclic) bond motifs is 1. The number of imide groups is 1. The number of benzene rings is 2. The molecular formula is C14H7BrN2O5. The highest BCUT2D eigenvalue weighted by atomic mass is 79.9. The van der Waals surface area contributed by atoms with Crippen LogP contribution < -0.4 is 4.90 Å². The fraction of sp³-hybridized carbons (Fsp3) is 0.